The number of rotatable bonds is 5. The van der Waals surface area contributed by atoms with E-state index in [0.29, 0.717) is 6.54 Å². The number of hydrogen-bond donors (Lipinski definition) is 2. The van der Waals surface area contributed by atoms with Crippen LogP contribution in [0.2, 0.25) is 0 Å². The zero-order valence-electron chi connectivity index (χ0n) is 11.0. The van der Waals surface area contributed by atoms with Crippen molar-refractivity contribution < 1.29 is 4.79 Å². The van der Waals surface area contributed by atoms with E-state index in [9.17, 15) is 4.79 Å². The van der Waals surface area contributed by atoms with Crippen molar-refractivity contribution in [3.63, 3.8) is 0 Å². The number of thioether (sulfide) groups is 1. The average Bonchev–Trinajstić information content (AvgIpc) is 2.75. The van der Waals surface area contributed by atoms with Gasteiger partial charge in [0.15, 0.2) is 0 Å². The second kappa shape index (κ2) is 5.53. The summed E-state index contributed by atoms with van der Waals surface area (Å²) in [4.78, 5) is 15.9. The fourth-order valence-corrected chi connectivity index (χ4v) is 1.29. The maximum absolute atomic E-state index is 11.8. The van der Waals surface area contributed by atoms with Gasteiger partial charge < -0.3 is 5.32 Å². The van der Waals surface area contributed by atoms with Crippen molar-refractivity contribution in [2.24, 2.45) is 0 Å². The molecule has 0 atom stereocenters. The van der Waals surface area contributed by atoms with Crippen molar-refractivity contribution in [1.29, 1.82) is 0 Å². The minimum Gasteiger partial charge on any atom is -0.348 e. The quantitative estimate of drug-likeness (QED) is 0.842. The number of nitrogens with one attached hydrogen (secondary N) is 2. The van der Waals surface area contributed by atoms with Crippen LogP contribution in [-0.2, 0) is 0 Å². The third kappa shape index (κ3) is 4.03. The van der Waals surface area contributed by atoms with Gasteiger partial charge in [0, 0.05) is 17.2 Å². The number of hydrogen-bond acceptors (Lipinski definition) is 4. The highest BCUT2D eigenvalue weighted by Gasteiger charge is 2.19. The maximum Gasteiger partial charge on any atom is 0.291 e. The summed E-state index contributed by atoms with van der Waals surface area (Å²) < 4.78 is 0.0207. The molecule has 96 valence electrons. The van der Waals surface area contributed by atoms with Gasteiger partial charge in [0.05, 0.1) is 0 Å². The van der Waals surface area contributed by atoms with E-state index in [1.807, 2.05) is 20.1 Å². The predicted octanol–water partition coefficient (Wildman–Crippen LogP) is 1.80. The largest absolute Gasteiger partial charge is 0.348 e. The molecule has 1 rings (SSSR count). The van der Waals surface area contributed by atoms with Crippen molar-refractivity contribution in [3.8, 4) is 0 Å². The number of carbonyl (C=O) groups excluding carboxylic acids is 1. The summed E-state index contributed by atoms with van der Waals surface area (Å²) in [7, 11) is 0. The summed E-state index contributed by atoms with van der Waals surface area (Å²) in [5.74, 6) is 0.965. The van der Waals surface area contributed by atoms with Gasteiger partial charge in [-0.25, -0.2) is 4.98 Å². The van der Waals surface area contributed by atoms with Gasteiger partial charge in [0.1, 0.15) is 5.82 Å². The molecule has 17 heavy (non-hydrogen) atoms. The minimum absolute atomic E-state index is 0.0207. The molecular weight excluding hydrogens is 236 g/mol. The molecule has 2 N–H and O–H groups in total. The topological polar surface area (TPSA) is 70.7 Å². The molecule has 0 unspecified atom stereocenters. The molecule has 1 aromatic rings. The molecule has 0 spiro atoms. The van der Waals surface area contributed by atoms with Crippen LogP contribution in [0.3, 0.4) is 0 Å². The van der Waals surface area contributed by atoms with Crippen LogP contribution in [0, 0.1) is 0 Å². The van der Waals surface area contributed by atoms with Crippen LogP contribution in [0.15, 0.2) is 0 Å². The molecule has 0 fully saturated rings. The lowest BCUT2D eigenvalue weighted by atomic mass is 10.2. The summed E-state index contributed by atoms with van der Waals surface area (Å²) in [6.07, 6.45) is 2.02. The molecule has 1 aromatic heterocycles. The van der Waals surface area contributed by atoms with Crippen LogP contribution in [0.1, 0.15) is 50.1 Å². The fourth-order valence-electron chi connectivity index (χ4n) is 1.08. The zero-order chi connectivity index (χ0) is 13.1. The Labute approximate surface area is 106 Å². The number of aromatic nitrogens is 3. The third-order valence-electron chi connectivity index (χ3n) is 2.48. The van der Waals surface area contributed by atoms with Gasteiger partial charge in [-0.15, -0.1) is 5.10 Å². The van der Waals surface area contributed by atoms with Gasteiger partial charge in [-0.05, 0) is 20.1 Å². The first-order valence-corrected chi connectivity index (χ1v) is 6.84. The molecule has 0 bridgehead atoms. The Morgan fingerprint density at radius 2 is 2.18 bits per heavy atom. The lowest BCUT2D eigenvalue weighted by Crippen LogP contribution is -2.36. The van der Waals surface area contributed by atoms with E-state index in [2.05, 4.69) is 34.3 Å². The fraction of sp³-hybridized carbons (Fsp3) is 0.727. The van der Waals surface area contributed by atoms with Gasteiger partial charge in [0.25, 0.3) is 5.91 Å². The average molecular weight is 256 g/mol. The number of aromatic amines is 1. The lowest BCUT2D eigenvalue weighted by molar-refractivity contribution is 0.0941. The second-order valence-corrected chi connectivity index (χ2v) is 6.36. The molecule has 0 radical (unpaired) electrons. The van der Waals surface area contributed by atoms with E-state index < -0.39 is 0 Å². The summed E-state index contributed by atoms with van der Waals surface area (Å²) in [6.45, 7) is 8.75. The highest BCUT2D eigenvalue weighted by Crippen LogP contribution is 2.19. The molecule has 1 heterocycles. The minimum atomic E-state index is -0.227. The first-order chi connectivity index (χ1) is 7.85. The van der Waals surface area contributed by atoms with Crippen molar-refractivity contribution in [2.45, 2.75) is 38.4 Å². The Balaban J connectivity index is 2.58. The smallest absolute Gasteiger partial charge is 0.291 e. The highest BCUT2D eigenvalue weighted by atomic mass is 32.2. The van der Waals surface area contributed by atoms with Crippen molar-refractivity contribution in [3.05, 3.63) is 11.6 Å². The molecule has 5 nitrogen and oxygen atoms in total. The van der Waals surface area contributed by atoms with Crippen LogP contribution in [-0.4, -0.2) is 38.6 Å². The van der Waals surface area contributed by atoms with Gasteiger partial charge in [0.2, 0.25) is 5.82 Å². The normalized spacial score (nSPS) is 11.9. The number of H-pyrrole nitrogens is 1. The van der Waals surface area contributed by atoms with Crippen molar-refractivity contribution in [1.82, 2.24) is 20.5 Å². The summed E-state index contributed by atoms with van der Waals surface area (Å²) >= 11 is 1.71. The van der Waals surface area contributed by atoms with Gasteiger partial charge in [-0.3, -0.25) is 9.89 Å². The zero-order valence-corrected chi connectivity index (χ0v) is 11.8. The maximum atomic E-state index is 11.8. The summed E-state index contributed by atoms with van der Waals surface area (Å²) in [6, 6.07) is 0. The van der Waals surface area contributed by atoms with E-state index in [1.165, 1.54) is 0 Å². The van der Waals surface area contributed by atoms with Crippen LogP contribution < -0.4 is 5.32 Å². The van der Waals surface area contributed by atoms with E-state index in [4.69, 9.17) is 0 Å². The Kier molecular flexibility index (Phi) is 4.56. The molecular formula is C11H20N4OS. The first-order valence-electron chi connectivity index (χ1n) is 5.61. The molecule has 0 saturated carbocycles. The second-order valence-electron chi connectivity index (χ2n) is 4.85. The summed E-state index contributed by atoms with van der Waals surface area (Å²) in [5, 5.41) is 9.52. The third-order valence-corrected chi connectivity index (χ3v) is 3.73. The molecule has 0 aliphatic carbocycles. The first kappa shape index (κ1) is 14.0. The molecule has 0 aromatic carbocycles. The molecule has 6 heteroatoms. The molecule has 0 saturated heterocycles. The lowest BCUT2D eigenvalue weighted by Gasteiger charge is -2.21. The molecule has 1 amide bonds. The highest BCUT2D eigenvalue weighted by molar-refractivity contribution is 7.99. The van der Waals surface area contributed by atoms with Crippen LogP contribution in [0.25, 0.3) is 0 Å². The van der Waals surface area contributed by atoms with E-state index in [-0.39, 0.29) is 22.4 Å². The number of nitrogens with zero attached hydrogens (tertiary/aromatic N) is 2. The van der Waals surface area contributed by atoms with Crippen LogP contribution in [0.4, 0.5) is 0 Å². The van der Waals surface area contributed by atoms with Crippen molar-refractivity contribution in [2.75, 3.05) is 12.8 Å². The van der Waals surface area contributed by atoms with Gasteiger partial charge in [-0.1, -0.05) is 13.8 Å². The standard InChI is InChI=1S/C11H20N4OS/c1-7(2)8-13-9(15-14-8)10(16)12-6-11(3,4)17-5/h7H,6H2,1-5H3,(H,12,16)(H,13,14,15). The van der Waals surface area contributed by atoms with E-state index >= 15 is 0 Å². The Hall–Kier alpha value is -1.04. The predicted molar refractivity (Wildman–Crippen MR) is 70.4 cm³/mol. The Morgan fingerprint density at radius 1 is 1.53 bits per heavy atom. The number of carbonyl (C=O) groups is 1. The van der Waals surface area contributed by atoms with Crippen LogP contribution >= 0.6 is 11.8 Å². The van der Waals surface area contributed by atoms with Gasteiger partial charge >= 0.3 is 0 Å². The van der Waals surface area contributed by atoms with Crippen molar-refractivity contribution >= 4 is 17.7 Å². The van der Waals surface area contributed by atoms with Gasteiger partial charge in [-0.2, -0.15) is 11.8 Å². The SMILES string of the molecule is CSC(C)(C)CNC(=O)c1n[nH]c(C(C)C)n1. The van der Waals surface area contributed by atoms with Crippen LogP contribution in [0.5, 0.6) is 0 Å². The van der Waals surface area contributed by atoms with E-state index in [1.54, 1.807) is 11.8 Å². The molecule has 0 aliphatic rings. The monoisotopic (exact) mass is 256 g/mol. The van der Waals surface area contributed by atoms with E-state index in [0.717, 1.165) is 5.82 Å². The molecule has 0 aliphatic heterocycles. The summed E-state index contributed by atoms with van der Waals surface area (Å²) in [5.41, 5.74) is 0. The number of amides is 1. The Morgan fingerprint density at radius 3 is 2.65 bits per heavy atom. The Bertz CT molecular complexity index is 387.